The summed E-state index contributed by atoms with van der Waals surface area (Å²) in [4.78, 5) is 69.3. The molecule has 1 atom stereocenters. The van der Waals surface area contributed by atoms with E-state index in [1.54, 1.807) is 13.0 Å². The second-order valence-corrected chi connectivity index (χ2v) is 23.3. The maximum absolute atomic E-state index is 13.3. The van der Waals surface area contributed by atoms with E-state index >= 15 is 0 Å². The summed E-state index contributed by atoms with van der Waals surface area (Å²) in [7, 11) is -7.80. The number of fused-ring (bicyclic) bond motifs is 3. The molecule has 4 aliphatic rings. The molecule has 4 heterocycles. The number of unbranched alkanes of at least 4 members (excludes halogenated alkanes) is 4. The van der Waals surface area contributed by atoms with Crippen LogP contribution in [-0.2, 0) is 66.8 Å². The summed E-state index contributed by atoms with van der Waals surface area (Å²) in [5.74, 6) is -0.741. The number of anilines is 1. The highest BCUT2D eigenvalue weighted by Gasteiger charge is 2.45. The number of benzene rings is 3. The van der Waals surface area contributed by atoms with Crippen LogP contribution >= 0.6 is 0 Å². The minimum absolute atomic E-state index is 0.0535. The van der Waals surface area contributed by atoms with Crippen LogP contribution in [0.3, 0.4) is 0 Å². The normalized spacial score (nSPS) is 18.7. The number of para-hydroxylation sites is 1. The van der Waals surface area contributed by atoms with Gasteiger partial charge in [0.15, 0.2) is 11.3 Å². The largest absolute Gasteiger partial charge is 0.744 e. The van der Waals surface area contributed by atoms with Crippen LogP contribution in [0.25, 0.3) is 0 Å². The molecule has 0 spiro atoms. The van der Waals surface area contributed by atoms with Gasteiger partial charge in [-0.25, -0.2) is 13.2 Å². The molecule has 0 aliphatic carbocycles. The van der Waals surface area contributed by atoms with Gasteiger partial charge in [0.05, 0.1) is 10.3 Å². The first kappa shape index (κ1) is 60.5. The zero-order valence-electron chi connectivity index (χ0n) is 45.9. The number of carbonyl (C=O) groups excluding carboxylic acids is 5. The van der Waals surface area contributed by atoms with Crippen molar-refractivity contribution in [2.24, 2.45) is 0 Å². The van der Waals surface area contributed by atoms with Crippen molar-refractivity contribution >= 4 is 67.3 Å². The van der Waals surface area contributed by atoms with Gasteiger partial charge in [0.25, 0.3) is 17.7 Å². The lowest BCUT2D eigenvalue weighted by Crippen LogP contribution is -2.51. The number of aromatic hydroxyl groups is 1. The number of ketones is 1. The Morgan fingerprint density at radius 2 is 1.46 bits per heavy atom. The Balaban J connectivity index is 0.00000238. The number of allylic oxidation sites excluding steroid dienone is 6. The number of ether oxygens (including phenoxy) is 1. The number of phenols is 1. The minimum atomic E-state index is -4.69. The lowest BCUT2D eigenvalue weighted by molar-refractivity contribution is -0.438. The quantitative estimate of drug-likeness (QED) is 0.0315. The van der Waals surface area contributed by atoms with Crippen molar-refractivity contribution in [3.8, 4) is 11.5 Å². The molecule has 0 saturated carbocycles. The van der Waals surface area contributed by atoms with Crippen molar-refractivity contribution in [3.63, 3.8) is 0 Å². The van der Waals surface area contributed by atoms with Crippen molar-refractivity contribution in [2.75, 3.05) is 24.5 Å². The highest BCUT2D eigenvalue weighted by Crippen LogP contribution is 2.49. The van der Waals surface area contributed by atoms with Crippen LogP contribution in [0.4, 0.5) is 11.4 Å². The number of nitrogens with zero attached hydrogens (tertiary/aromatic N) is 3. The number of amides is 3. The third kappa shape index (κ3) is 13.9. The Morgan fingerprint density at radius 1 is 0.808 bits per heavy atom. The first-order valence-electron chi connectivity index (χ1n) is 26.5. The van der Waals surface area contributed by atoms with Crippen molar-refractivity contribution in [1.29, 1.82) is 0 Å². The smallest absolute Gasteiger partial charge is 0.425 e. The maximum atomic E-state index is 13.3. The van der Waals surface area contributed by atoms with E-state index in [-0.39, 0.29) is 47.0 Å². The standard InChI is InChI=1S/C58H72N4O11S.O3S/c1-38-39(2)54-43(40(3)53(38)67)32-33-58(8,72-54)55(68)59-34-20-22-41(63)21-12-10-18-36-61-47-29-28-42(74(69,70)71)37-45(47)57(6,7)49(61)26-14-9-13-25-48-56(4,5)44-23-16-17-24-46(44)60(48)35-19-11-15-27-52(66)73-62-50(64)30-31-51(62)65;1-4(2)3/h9,13-14,16-17,23-26,28-29,37H,10-12,15,18-22,27,30-36H2,1-8H3,(H2-,59,67,68,69,70,71);. The molecule has 2 N–H and O–H groups in total. The van der Waals surface area contributed by atoms with Gasteiger partial charge in [-0.15, -0.1) is 17.7 Å². The first-order valence-corrected chi connectivity index (χ1v) is 28.9. The van der Waals surface area contributed by atoms with Gasteiger partial charge in [0, 0.05) is 98.1 Å². The monoisotopic (exact) mass is 1110 g/mol. The van der Waals surface area contributed by atoms with Crippen molar-refractivity contribution < 1.29 is 68.8 Å². The molecular weight excluding hydrogens is 1040 g/mol. The molecule has 20 heteroatoms. The van der Waals surface area contributed by atoms with Gasteiger partial charge in [-0.3, -0.25) is 19.2 Å². The van der Waals surface area contributed by atoms with Gasteiger partial charge >= 0.3 is 16.6 Å². The molecule has 0 radical (unpaired) electrons. The summed E-state index contributed by atoms with van der Waals surface area (Å²) in [6, 6.07) is 12.9. The molecular formula is C58H72N4O14S2. The number of hydrogen-bond acceptors (Lipinski definition) is 15. The van der Waals surface area contributed by atoms with Crippen molar-refractivity contribution in [2.45, 2.75) is 167 Å². The lowest BCUT2D eigenvalue weighted by Gasteiger charge is -2.36. The van der Waals surface area contributed by atoms with Crippen LogP contribution in [0.2, 0.25) is 0 Å². The molecule has 78 heavy (non-hydrogen) atoms. The first-order chi connectivity index (χ1) is 36.7. The second kappa shape index (κ2) is 25.4. The Labute approximate surface area is 459 Å². The number of Topliss-reactive ketones (excluding diaryl/α,β-unsaturated/α-hetero) is 1. The summed E-state index contributed by atoms with van der Waals surface area (Å²) in [5, 5.41) is 14.1. The number of carbonyl (C=O) groups is 5. The third-order valence-electron chi connectivity index (χ3n) is 15.4. The fourth-order valence-corrected chi connectivity index (χ4v) is 11.3. The summed E-state index contributed by atoms with van der Waals surface area (Å²) >= 11 is 0. The molecule has 4 aliphatic heterocycles. The number of imide groups is 1. The van der Waals surface area contributed by atoms with E-state index in [0.717, 1.165) is 76.3 Å². The van der Waals surface area contributed by atoms with Crippen LogP contribution in [0.5, 0.6) is 11.5 Å². The lowest BCUT2D eigenvalue weighted by atomic mass is 9.81. The zero-order valence-corrected chi connectivity index (χ0v) is 47.5. The molecule has 0 aromatic heterocycles. The summed E-state index contributed by atoms with van der Waals surface area (Å²) < 4.78 is 70.4. The van der Waals surface area contributed by atoms with Crippen molar-refractivity contribution in [3.05, 3.63) is 112 Å². The summed E-state index contributed by atoms with van der Waals surface area (Å²) in [6.45, 7) is 17.5. The third-order valence-corrected chi connectivity index (χ3v) is 16.2. The Hall–Kier alpha value is -6.77. The van der Waals surface area contributed by atoms with Gasteiger partial charge in [0.1, 0.15) is 33.9 Å². The van der Waals surface area contributed by atoms with Gasteiger partial charge in [0.2, 0.25) is 5.69 Å². The highest BCUT2D eigenvalue weighted by atomic mass is 32.2. The predicted molar refractivity (Wildman–Crippen MR) is 291 cm³/mol. The van der Waals surface area contributed by atoms with Crippen LogP contribution in [0.15, 0.2) is 83.4 Å². The number of phenolic OH excluding ortho intramolecular Hbond substituents is 1. The van der Waals surface area contributed by atoms with Crippen LogP contribution in [0, 0.1) is 20.8 Å². The van der Waals surface area contributed by atoms with Crippen LogP contribution in [0.1, 0.15) is 151 Å². The Bertz CT molecular complexity index is 3190. The van der Waals surface area contributed by atoms with E-state index in [2.05, 4.69) is 46.8 Å². The Morgan fingerprint density at radius 3 is 2.15 bits per heavy atom. The van der Waals surface area contributed by atoms with E-state index in [1.807, 2.05) is 71.1 Å². The molecule has 0 bridgehead atoms. The topological polar surface area (TPSA) is 254 Å². The molecule has 3 amide bonds. The second-order valence-electron chi connectivity index (χ2n) is 21.5. The van der Waals surface area contributed by atoms with E-state index in [0.29, 0.717) is 75.4 Å². The molecule has 1 fully saturated rings. The number of rotatable bonds is 22. The molecule has 1 unspecified atom stereocenters. The van der Waals surface area contributed by atoms with Crippen LogP contribution in [-0.4, -0.2) is 101 Å². The number of hydrogen-bond donors (Lipinski definition) is 2. The highest BCUT2D eigenvalue weighted by molar-refractivity contribution is 7.85. The van der Waals surface area contributed by atoms with E-state index < -0.39 is 49.5 Å². The summed E-state index contributed by atoms with van der Waals surface area (Å²) in [5.41, 5.74) is 7.25. The van der Waals surface area contributed by atoms with Crippen LogP contribution < -0.4 is 15.0 Å². The fourth-order valence-electron chi connectivity index (χ4n) is 10.8. The van der Waals surface area contributed by atoms with Gasteiger partial charge in [-0.2, -0.15) is 4.58 Å². The molecule has 18 nitrogen and oxygen atoms in total. The Kier molecular flexibility index (Phi) is 19.6. The number of hydroxylamine groups is 2. The fraction of sp³-hybridized carbons (Fsp3) is 0.483. The molecule has 7 rings (SSSR count). The van der Waals surface area contributed by atoms with Gasteiger partial charge in [-0.1, -0.05) is 56.7 Å². The van der Waals surface area contributed by atoms with Gasteiger partial charge in [-0.05, 0) is 127 Å². The molecule has 1 saturated heterocycles. The summed E-state index contributed by atoms with van der Waals surface area (Å²) in [6.07, 6.45) is 17.0. The molecule has 420 valence electrons. The minimum Gasteiger partial charge on any atom is -0.744 e. The zero-order chi connectivity index (χ0) is 57.3. The average Bonchev–Trinajstić information content (AvgIpc) is 3.96. The number of nitrogens with one attached hydrogen (secondary N) is 1. The SMILES string of the molecule is Cc1c(C)c2c(c(C)c1O)CCC(C)(C(=O)NCCCC(=O)CCCCCN1C(=CC=CC=CC3=[N+](CCCCCC(=O)ON4C(=O)CCC4=O)c4ccccc4C3(C)C)C(C)(C)c3cc(S(=O)(=O)[O-])ccc31)O2.O=S(=O)=O. The van der Waals surface area contributed by atoms with Gasteiger partial charge < -0.3 is 29.5 Å². The van der Waals surface area contributed by atoms with E-state index in [9.17, 15) is 42.0 Å². The maximum Gasteiger partial charge on any atom is 0.425 e. The van der Waals surface area contributed by atoms with E-state index in [4.69, 9.17) is 22.2 Å². The van der Waals surface area contributed by atoms with Crippen molar-refractivity contribution in [1.82, 2.24) is 10.4 Å². The van der Waals surface area contributed by atoms with E-state index in [1.165, 1.54) is 17.7 Å². The average molecular weight is 1110 g/mol. The molecule has 3 aromatic rings. The molecule has 3 aromatic carbocycles. The predicted octanol–water partition coefficient (Wildman–Crippen LogP) is 8.37.